The van der Waals surface area contributed by atoms with E-state index < -0.39 is 0 Å². The summed E-state index contributed by atoms with van der Waals surface area (Å²) in [6.07, 6.45) is 1.75. The van der Waals surface area contributed by atoms with Crippen molar-refractivity contribution in [1.29, 1.82) is 0 Å². The van der Waals surface area contributed by atoms with Crippen LogP contribution in [0.15, 0.2) is 72.9 Å². The number of aromatic nitrogens is 2. The summed E-state index contributed by atoms with van der Waals surface area (Å²) in [6, 6.07) is 21.6. The van der Waals surface area contributed by atoms with Gasteiger partial charge in [-0.3, -0.25) is 4.98 Å². The number of hydrogen-bond donors (Lipinski definition) is 0. The summed E-state index contributed by atoms with van der Waals surface area (Å²) in [5.74, 6) is 1.51. The first-order valence-electron chi connectivity index (χ1n) is 6.77. The van der Waals surface area contributed by atoms with Crippen LogP contribution < -0.4 is 4.74 Å². The van der Waals surface area contributed by atoms with E-state index in [4.69, 9.17) is 4.74 Å². The summed E-state index contributed by atoms with van der Waals surface area (Å²) in [6.45, 7) is 0. The van der Waals surface area contributed by atoms with E-state index in [9.17, 15) is 0 Å². The Kier molecular flexibility index (Phi) is 2.75. The molecule has 0 aliphatic heterocycles. The first-order valence-corrected chi connectivity index (χ1v) is 6.77. The zero-order chi connectivity index (χ0) is 14.1. The predicted octanol–water partition coefficient (Wildman–Crippen LogP) is 4.58. The minimum atomic E-state index is 0.719. The van der Waals surface area contributed by atoms with Gasteiger partial charge in [0.2, 0.25) is 0 Å². The number of rotatable bonds is 2. The van der Waals surface area contributed by atoms with Crippen LogP contribution in [-0.2, 0) is 0 Å². The lowest BCUT2D eigenvalue weighted by Crippen LogP contribution is -1.90. The molecule has 0 fully saturated rings. The normalized spacial score (nSPS) is 10.9. The van der Waals surface area contributed by atoms with Crippen LogP contribution in [0.4, 0.5) is 0 Å². The lowest BCUT2D eigenvalue weighted by molar-refractivity contribution is 0.487. The van der Waals surface area contributed by atoms with Gasteiger partial charge in [-0.1, -0.05) is 36.4 Å². The zero-order valence-electron chi connectivity index (χ0n) is 11.2. The topological polar surface area (TPSA) is 35.0 Å². The largest absolute Gasteiger partial charge is 0.455 e. The van der Waals surface area contributed by atoms with E-state index in [-0.39, 0.29) is 0 Å². The SMILES string of the molecule is c1ccc(Oc2ccnc3cc4ccccc4nc23)cc1. The third kappa shape index (κ3) is 2.19. The highest BCUT2D eigenvalue weighted by Gasteiger charge is 2.07. The predicted molar refractivity (Wildman–Crippen MR) is 83.6 cm³/mol. The van der Waals surface area contributed by atoms with Crippen LogP contribution in [0.5, 0.6) is 11.5 Å². The molecule has 0 aliphatic rings. The fourth-order valence-corrected chi connectivity index (χ4v) is 2.35. The van der Waals surface area contributed by atoms with Crippen molar-refractivity contribution < 1.29 is 4.74 Å². The molecule has 0 spiro atoms. The highest BCUT2D eigenvalue weighted by atomic mass is 16.5. The monoisotopic (exact) mass is 272 g/mol. The first kappa shape index (κ1) is 11.9. The van der Waals surface area contributed by atoms with Gasteiger partial charge >= 0.3 is 0 Å². The van der Waals surface area contributed by atoms with Gasteiger partial charge < -0.3 is 4.74 Å². The summed E-state index contributed by atoms with van der Waals surface area (Å²) < 4.78 is 5.94. The minimum absolute atomic E-state index is 0.719. The Morgan fingerprint density at radius 1 is 0.762 bits per heavy atom. The molecule has 0 amide bonds. The number of nitrogens with zero attached hydrogens (tertiary/aromatic N) is 2. The van der Waals surface area contributed by atoms with Crippen LogP contribution in [-0.4, -0.2) is 9.97 Å². The van der Waals surface area contributed by atoms with Crippen molar-refractivity contribution in [2.75, 3.05) is 0 Å². The molecule has 0 saturated heterocycles. The van der Waals surface area contributed by atoms with Gasteiger partial charge in [-0.25, -0.2) is 4.98 Å². The Bertz CT molecular complexity index is 920. The molecule has 0 saturated carbocycles. The van der Waals surface area contributed by atoms with E-state index in [0.717, 1.165) is 33.4 Å². The van der Waals surface area contributed by atoms with E-state index in [1.165, 1.54) is 0 Å². The molecule has 0 bridgehead atoms. The summed E-state index contributed by atoms with van der Waals surface area (Å²) in [5, 5.41) is 1.08. The van der Waals surface area contributed by atoms with E-state index in [1.54, 1.807) is 6.20 Å². The van der Waals surface area contributed by atoms with Crippen molar-refractivity contribution in [3.8, 4) is 11.5 Å². The van der Waals surface area contributed by atoms with Crippen molar-refractivity contribution >= 4 is 21.9 Å². The molecule has 3 nitrogen and oxygen atoms in total. The van der Waals surface area contributed by atoms with E-state index in [0.29, 0.717) is 0 Å². The molecule has 0 atom stereocenters. The molecule has 0 radical (unpaired) electrons. The molecule has 2 heterocycles. The lowest BCUT2D eigenvalue weighted by atomic mass is 10.2. The maximum Gasteiger partial charge on any atom is 0.156 e. The van der Waals surface area contributed by atoms with Crippen molar-refractivity contribution in [2.45, 2.75) is 0 Å². The van der Waals surface area contributed by atoms with E-state index in [2.05, 4.69) is 9.97 Å². The van der Waals surface area contributed by atoms with Crippen molar-refractivity contribution in [1.82, 2.24) is 9.97 Å². The molecule has 2 aromatic heterocycles. The lowest BCUT2D eigenvalue weighted by Gasteiger charge is -2.08. The smallest absolute Gasteiger partial charge is 0.156 e. The summed E-state index contributed by atoms with van der Waals surface area (Å²) in [5.41, 5.74) is 2.55. The van der Waals surface area contributed by atoms with Gasteiger partial charge in [-0.2, -0.15) is 0 Å². The Balaban J connectivity index is 1.90. The van der Waals surface area contributed by atoms with Crippen LogP contribution in [0.1, 0.15) is 0 Å². The fraction of sp³-hybridized carbons (Fsp3) is 0. The Morgan fingerprint density at radius 3 is 2.48 bits per heavy atom. The standard InChI is InChI=1S/C18H12N2O/c1-2-7-14(8-3-1)21-17-10-11-19-16-12-13-6-4-5-9-15(13)20-18(16)17/h1-12H. The summed E-state index contributed by atoms with van der Waals surface area (Å²) in [4.78, 5) is 9.08. The highest BCUT2D eigenvalue weighted by molar-refractivity contribution is 5.93. The second kappa shape index (κ2) is 4.87. The molecule has 3 heteroatoms. The highest BCUT2D eigenvalue weighted by Crippen LogP contribution is 2.29. The maximum absolute atomic E-state index is 5.94. The van der Waals surface area contributed by atoms with Gasteiger partial charge in [0.1, 0.15) is 11.3 Å². The van der Waals surface area contributed by atoms with Gasteiger partial charge in [0, 0.05) is 17.6 Å². The van der Waals surface area contributed by atoms with Gasteiger partial charge in [-0.15, -0.1) is 0 Å². The number of ether oxygens (including phenoxy) is 1. The number of pyridine rings is 2. The zero-order valence-corrected chi connectivity index (χ0v) is 11.2. The maximum atomic E-state index is 5.94. The van der Waals surface area contributed by atoms with Crippen LogP contribution in [0.3, 0.4) is 0 Å². The number of para-hydroxylation sites is 2. The average Bonchev–Trinajstić information content (AvgIpc) is 2.54. The molecular formula is C18H12N2O. The number of benzene rings is 2. The second-order valence-corrected chi connectivity index (χ2v) is 4.77. The molecule has 0 aliphatic carbocycles. The molecule has 0 N–H and O–H groups in total. The third-order valence-corrected chi connectivity index (χ3v) is 3.35. The van der Waals surface area contributed by atoms with Crippen molar-refractivity contribution in [2.24, 2.45) is 0 Å². The molecule has 4 aromatic rings. The Labute approximate surface area is 121 Å². The molecule has 2 aromatic carbocycles. The molecule has 21 heavy (non-hydrogen) atoms. The van der Waals surface area contributed by atoms with Crippen molar-refractivity contribution in [3.05, 3.63) is 72.9 Å². The summed E-state index contributed by atoms with van der Waals surface area (Å²) >= 11 is 0. The van der Waals surface area contributed by atoms with Gasteiger partial charge in [0.25, 0.3) is 0 Å². The molecule has 0 unspecified atom stereocenters. The van der Waals surface area contributed by atoms with Gasteiger partial charge in [0.05, 0.1) is 11.0 Å². The van der Waals surface area contributed by atoms with E-state index in [1.807, 2.05) is 66.7 Å². The van der Waals surface area contributed by atoms with E-state index >= 15 is 0 Å². The number of hydrogen-bond acceptors (Lipinski definition) is 3. The van der Waals surface area contributed by atoms with Gasteiger partial charge in [-0.05, 0) is 24.3 Å². The van der Waals surface area contributed by atoms with Crippen LogP contribution >= 0.6 is 0 Å². The first-order chi connectivity index (χ1) is 10.4. The summed E-state index contributed by atoms with van der Waals surface area (Å²) in [7, 11) is 0. The van der Waals surface area contributed by atoms with Crippen LogP contribution in [0.25, 0.3) is 21.9 Å². The second-order valence-electron chi connectivity index (χ2n) is 4.77. The quantitative estimate of drug-likeness (QED) is 0.501. The number of fused-ring (bicyclic) bond motifs is 2. The molecule has 100 valence electrons. The Morgan fingerprint density at radius 2 is 1.57 bits per heavy atom. The average molecular weight is 272 g/mol. The molecular weight excluding hydrogens is 260 g/mol. The van der Waals surface area contributed by atoms with Crippen LogP contribution in [0, 0.1) is 0 Å². The fourth-order valence-electron chi connectivity index (χ4n) is 2.35. The van der Waals surface area contributed by atoms with Crippen molar-refractivity contribution in [3.63, 3.8) is 0 Å². The third-order valence-electron chi connectivity index (χ3n) is 3.35. The Hall–Kier alpha value is -2.94. The van der Waals surface area contributed by atoms with Crippen LogP contribution in [0.2, 0.25) is 0 Å². The van der Waals surface area contributed by atoms with Gasteiger partial charge in [0.15, 0.2) is 5.75 Å². The minimum Gasteiger partial charge on any atom is -0.455 e. The molecule has 4 rings (SSSR count).